The molecule has 0 amide bonds. The second-order valence-electron chi connectivity index (χ2n) is 5.38. The molecular weight excluding hydrogens is 256 g/mol. The maximum atomic E-state index is 10.9. The van der Waals surface area contributed by atoms with Crippen molar-refractivity contribution < 1.29 is 4.92 Å². The molecule has 6 nitrogen and oxygen atoms in total. The van der Waals surface area contributed by atoms with Crippen LogP contribution in [0.4, 0.5) is 17.3 Å². The highest BCUT2D eigenvalue weighted by molar-refractivity contribution is 5.54. The lowest BCUT2D eigenvalue weighted by atomic mass is 9.98. The molecule has 1 aromatic heterocycles. The van der Waals surface area contributed by atoms with E-state index in [0.717, 1.165) is 19.5 Å². The fourth-order valence-corrected chi connectivity index (χ4v) is 1.56. The Balaban J connectivity index is 2.82. The van der Waals surface area contributed by atoms with Gasteiger partial charge in [0.2, 0.25) is 0 Å². The molecule has 1 heterocycles. The summed E-state index contributed by atoms with van der Waals surface area (Å²) >= 11 is 0. The second kappa shape index (κ2) is 7.67. The minimum atomic E-state index is -0.393. The molecule has 112 valence electrons. The van der Waals surface area contributed by atoms with Gasteiger partial charge in [0.15, 0.2) is 0 Å². The first-order valence-corrected chi connectivity index (χ1v) is 7.08. The maximum absolute atomic E-state index is 10.9. The Bertz CT molecular complexity index is 449. The Morgan fingerprint density at radius 3 is 2.35 bits per heavy atom. The van der Waals surface area contributed by atoms with Gasteiger partial charge in [0, 0.05) is 13.1 Å². The minimum Gasteiger partial charge on any atom is -0.370 e. The van der Waals surface area contributed by atoms with Gasteiger partial charge in [-0.2, -0.15) is 0 Å². The summed E-state index contributed by atoms with van der Waals surface area (Å²) in [6, 6.07) is 2.94. The first kappa shape index (κ1) is 16.2. The third-order valence-corrected chi connectivity index (χ3v) is 3.32. The monoisotopic (exact) mass is 280 g/mol. The Morgan fingerprint density at radius 1 is 1.25 bits per heavy atom. The molecule has 20 heavy (non-hydrogen) atoms. The van der Waals surface area contributed by atoms with E-state index in [1.54, 1.807) is 0 Å². The van der Waals surface area contributed by atoms with Crippen molar-refractivity contribution in [2.24, 2.45) is 11.8 Å². The number of aromatic nitrogens is 1. The Morgan fingerprint density at radius 2 is 1.85 bits per heavy atom. The predicted octanol–water partition coefficient (Wildman–Crippen LogP) is 3.52. The van der Waals surface area contributed by atoms with Gasteiger partial charge in [-0.15, -0.1) is 0 Å². The zero-order valence-corrected chi connectivity index (χ0v) is 12.6. The molecule has 0 aliphatic heterocycles. The van der Waals surface area contributed by atoms with Crippen molar-refractivity contribution in [2.75, 3.05) is 23.7 Å². The molecule has 6 heteroatoms. The van der Waals surface area contributed by atoms with Gasteiger partial charge < -0.3 is 10.6 Å². The van der Waals surface area contributed by atoms with Crippen LogP contribution >= 0.6 is 0 Å². The average molecular weight is 280 g/mol. The van der Waals surface area contributed by atoms with Crippen LogP contribution in [-0.2, 0) is 0 Å². The van der Waals surface area contributed by atoms with Crippen LogP contribution in [0.15, 0.2) is 12.1 Å². The fraction of sp³-hybridized carbons (Fsp3) is 0.643. The number of hydrogen-bond acceptors (Lipinski definition) is 5. The Kier molecular flexibility index (Phi) is 6.21. The smallest absolute Gasteiger partial charge is 0.276 e. The number of pyridine rings is 1. The molecule has 0 aromatic carbocycles. The third kappa shape index (κ3) is 5.03. The lowest BCUT2D eigenvalue weighted by Crippen LogP contribution is -2.17. The van der Waals surface area contributed by atoms with Gasteiger partial charge in [-0.05, 0) is 18.3 Å². The lowest BCUT2D eigenvalue weighted by Gasteiger charge is -2.16. The molecule has 0 aliphatic carbocycles. The molecule has 0 aliphatic rings. The van der Waals surface area contributed by atoms with Gasteiger partial charge >= 0.3 is 0 Å². The van der Waals surface area contributed by atoms with Gasteiger partial charge in [-0.25, -0.2) is 4.98 Å². The third-order valence-electron chi connectivity index (χ3n) is 3.32. The average Bonchev–Trinajstić information content (AvgIpc) is 2.42. The molecule has 1 unspecified atom stereocenters. The van der Waals surface area contributed by atoms with Crippen LogP contribution in [0.3, 0.4) is 0 Å². The fourth-order valence-electron chi connectivity index (χ4n) is 1.56. The number of anilines is 2. The highest BCUT2D eigenvalue weighted by Crippen LogP contribution is 2.21. The SMILES string of the molecule is CCCNc1cc([N+](=O)[O-])cc(NCC(C)C(C)C)n1. The second-order valence-corrected chi connectivity index (χ2v) is 5.38. The van der Waals surface area contributed by atoms with Crippen molar-refractivity contribution in [3.05, 3.63) is 22.2 Å². The summed E-state index contributed by atoms with van der Waals surface area (Å²) in [5.74, 6) is 2.12. The molecule has 1 aromatic rings. The number of hydrogen-bond donors (Lipinski definition) is 2. The molecule has 0 radical (unpaired) electrons. The highest BCUT2D eigenvalue weighted by atomic mass is 16.6. The van der Waals surface area contributed by atoms with E-state index in [2.05, 4.69) is 36.4 Å². The summed E-state index contributed by atoms with van der Waals surface area (Å²) in [5.41, 5.74) is 0.0540. The number of nitro groups is 1. The van der Waals surface area contributed by atoms with Crippen molar-refractivity contribution in [1.29, 1.82) is 0 Å². The zero-order chi connectivity index (χ0) is 15.1. The molecule has 1 atom stereocenters. The first-order chi connectivity index (χ1) is 9.43. The summed E-state index contributed by atoms with van der Waals surface area (Å²) in [6.07, 6.45) is 0.942. The number of nitrogens with zero attached hydrogens (tertiary/aromatic N) is 2. The van der Waals surface area contributed by atoms with E-state index in [1.807, 2.05) is 6.92 Å². The molecular formula is C14H24N4O2. The lowest BCUT2D eigenvalue weighted by molar-refractivity contribution is -0.384. The van der Waals surface area contributed by atoms with Crippen LogP contribution in [0.5, 0.6) is 0 Å². The molecule has 0 saturated carbocycles. The summed E-state index contributed by atoms with van der Waals surface area (Å²) in [4.78, 5) is 14.9. The number of rotatable bonds is 8. The van der Waals surface area contributed by atoms with E-state index in [9.17, 15) is 10.1 Å². The quantitative estimate of drug-likeness (QED) is 0.562. The molecule has 0 spiro atoms. The summed E-state index contributed by atoms with van der Waals surface area (Å²) < 4.78 is 0. The normalized spacial score (nSPS) is 12.2. The van der Waals surface area contributed by atoms with E-state index in [0.29, 0.717) is 23.5 Å². The van der Waals surface area contributed by atoms with Crippen LogP contribution in [0.2, 0.25) is 0 Å². The molecule has 0 saturated heterocycles. The van der Waals surface area contributed by atoms with E-state index in [4.69, 9.17) is 0 Å². The van der Waals surface area contributed by atoms with Crippen LogP contribution in [0, 0.1) is 22.0 Å². The van der Waals surface area contributed by atoms with Crippen molar-refractivity contribution >= 4 is 17.3 Å². The van der Waals surface area contributed by atoms with E-state index in [-0.39, 0.29) is 5.69 Å². The van der Waals surface area contributed by atoms with Crippen molar-refractivity contribution in [1.82, 2.24) is 4.98 Å². The zero-order valence-electron chi connectivity index (χ0n) is 12.6. The van der Waals surface area contributed by atoms with Gasteiger partial charge in [0.05, 0.1) is 17.1 Å². The highest BCUT2D eigenvalue weighted by Gasteiger charge is 2.12. The van der Waals surface area contributed by atoms with Gasteiger partial charge in [0.25, 0.3) is 5.69 Å². The Labute approximate surface area is 120 Å². The minimum absolute atomic E-state index is 0.0540. The van der Waals surface area contributed by atoms with Crippen LogP contribution in [0.25, 0.3) is 0 Å². The van der Waals surface area contributed by atoms with Crippen molar-refractivity contribution in [2.45, 2.75) is 34.1 Å². The number of nitrogens with one attached hydrogen (secondary N) is 2. The van der Waals surface area contributed by atoms with E-state index < -0.39 is 4.92 Å². The standard InChI is InChI=1S/C14H24N4O2/c1-5-6-15-13-7-12(18(19)20)8-14(17-13)16-9-11(4)10(2)3/h7-8,10-11H,5-6,9H2,1-4H3,(H2,15,16,17). The van der Waals surface area contributed by atoms with Crippen LogP contribution in [0.1, 0.15) is 34.1 Å². The van der Waals surface area contributed by atoms with Crippen LogP contribution < -0.4 is 10.6 Å². The molecule has 0 bridgehead atoms. The summed E-state index contributed by atoms with van der Waals surface area (Å²) in [6.45, 7) is 9.98. The molecule has 2 N–H and O–H groups in total. The topological polar surface area (TPSA) is 80.1 Å². The maximum Gasteiger partial charge on any atom is 0.276 e. The van der Waals surface area contributed by atoms with E-state index >= 15 is 0 Å². The van der Waals surface area contributed by atoms with Crippen LogP contribution in [-0.4, -0.2) is 23.0 Å². The molecule has 1 rings (SSSR count). The van der Waals surface area contributed by atoms with Gasteiger partial charge in [-0.1, -0.05) is 27.7 Å². The van der Waals surface area contributed by atoms with E-state index in [1.165, 1.54) is 12.1 Å². The van der Waals surface area contributed by atoms with Gasteiger partial charge in [-0.3, -0.25) is 10.1 Å². The molecule has 0 fully saturated rings. The Hall–Kier alpha value is -1.85. The van der Waals surface area contributed by atoms with Crippen molar-refractivity contribution in [3.63, 3.8) is 0 Å². The first-order valence-electron chi connectivity index (χ1n) is 7.08. The predicted molar refractivity (Wildman–Crippen MR) is 82.2 cm³/mol. The largest absolute Gasteiger partial charge is 0.370 e. The summed E-state index contributed by atoms with van der Waals surface area (Å²) in [5, 5.41) is 17.2. The van der Waals surface area contributed by atoms with Gasteiger partial charge in [0.1, 0.15) is 11.6 Å². The van der Waals surface area contributed by atoms with Crippen molar-refractivity contribution in [3.8, 4) is 0 Å². The summed E-state index contributed by atoms with van der Waals surface area (Å²) in [7, 11) is 0.